The van der Waals surface area contributed by atoms with E-state index in [0.29, 0.717) is 23.7 Å². The Labute approximate surface area is 180 Å². The van der Waals surface area contributed by atoms with Crippen LogP contribution in [0.3, 0.4) is 0 Å². The van der Waals surface area contributed by atoms with Gasteiger partial charge in [-0.2, -0.15) is 0 Å². The van der Waals surface area contributed by atoms with E-state index in [2.05, 4.69) is 12.2 Å². The number of carbonyl (C=O) groups is 1. The van der Waals surface area contributed by atoms with Crippen molar-refractivity contribution in [1.82, 2.24) is 9.97 Å². The van der Waals surface area contributed by atoms with Crippen molar-refractivity contribution >= 4 is 23.3 Å². The molecule has 0 bridgehead atoms. The molecule has 1 aliphatic rings. The Balaban J connectivity index is 1.63. The number of aryl methyl sites for hydroxylation is 3. The van der Waals surface area contributed by atoms with E-state index in [1.165, 1.54) is 6.07 Å². The number of hydrogen-bond donors (Lipinski definition) is 1. The molecule has 0 fully saturated rings. The number of unbranched alkanes of at least 4 members (excludes halogenated alkanes) is 1. The summed E-state index contributed by atoms with van der Waals surface area (Å²) in [4.78, 5) is 22.3. The highest BCUT2D eigenvalue weighted by Crippen LogP contribution is 2.33. The summed E-state index contributed by atoms with van der Waals surface area (Å²) in [6.45, 7) is 2.11. The molecule has 4 nitrogen and oxygen atoms in total. The maximum atomic E-state index is 13.6. The molecule has 1 N–H and O–H groups in total. The predicted octanol–water partition coefficient (Wildman–Crippen LogP) is 5.56. The summed E-state index contributed by atoms with van der Waals surface area (Å²) in [5, 5.41) is 3.60. The average Bonchev–Trinajstić information content (AvgIpc) is 2.73. The summed E-state index contributed by atoms with van der Waals surface area (Å²) in [5.74, 6) is 0.164. The molecule has 30 heavy (non-hydrogen) atoms. The van der Waals surface area contributed by atoms with Gasteiger partial charge in [-0.05, 0) is 67.1 Å². The van der Waals surface area contributed by atoms with Gasteiger partial charge in [-0.15, -0.1) is 0 Å². The van der Waals surface area contributed by atoms with Crippen LogP contribution in [0.2, 0.25) is 5.02 Å². The lowest BCUT2D eigenvalue weighted by molar-refractivity contribution is -0.115. The molecular formula is C24H23ClFN3O. The Morgan fingerprint density at radius 2 is 1.93 bits per heavy atom. The van der Waals surface area contributed by atoms with Crippen LogP contribution in [-0.4, -0.2) is 15.9 Å². The first kappa shape index (κ1) is 20.5. The van der Waals surface area contributed by atoms with E-state index in [0.717, 1.165) is 53.0 Å². The number of fused-ring (bicyclic) bond motifs is 3. The second kappa shape index (κ2) is 8.92. The van der Waals surface area contributed by atoms with Crippen molar-refractivity contribution in [2.45, 2.75) is 45.4 Å². The molecule has 0 saturated heterocycles. The highest BCUT2D eigenvalue weighted by molar-refractivity contribution is 6.30. The topological polar surface area (TPSA) is 54.9 Å². The van der Waals surface area contributed by atoms with Crippen LogP contribution < -0.4 is 5.32 Å². The molecule has 0 atom stereocenters. The Morgan fingerprint density at radius 3 is 2.70 bits per heavy atom. The third kappa shape index (κ3) is 4.51. The maximum Gasteiger partial charge on any atom is 0.229 e. The van der Waals surface area contributed by atoms with Crippen LogP contribution in [0.5, 0.6) is 0 Å². The molecule has 4 rings (SSSR count). The molecule has 2 aromatic carbocycles. The maximum absolute atomic E-state index is 13.6. The Morgan fingerprint density at radius 1 is 1.13 bits per heavy atom. The first-order chi connectivity index (χ1) is 14.5. The lowest BCUT2D eigenvalue weighted by Gasteiger charge is -2.21. The van der Waals surface area contributed by atoms with Gasteiger partial charge >= 0.3 is 0 Å². The van der Waals surface area contributed by atoms with Gasteiger partial charge in [0.05, 0.1) is 23.5 Å². The average molecular weight is 424 g/mol. The molecule has 1 amide bonds. The van der Waals surface area contributed by atoms with Gasteiger partial charge in [0.2, 0.25) is 5.91 Å². The monoisotopic (exact) mass is 423 g/mol. The summed E-state index contributed by atoms with van der Waals surface area (Å²) in [5.41, 5.74) is 5.19. The lowest BCUT2D eigenvalue weighted by Crippen LogP contribution is -2.20. The molecule has 0 spiro atoms. The van der Waals surface area contributed by atoms with Gasteiger partial charge in [-0.1, -0.05) is 37.1 Å². The van der Waals surface area contributed by atoms with Gasteiger partial charge < -0.3 is 5.32 Å². The zero-order valence-corrected chi connectivity index (χ0v) is 17.6. The van der Waals surface area contributed by atoms with Crippen LogP contribution in [0.25, 0.3) is 11.3 Å². The molecule has 3 aromatic rings. The number of anilines is 1. The number of carbonyl (C=O) groups excluding carboxylic acids is 1. The normalized spacial score (nSPS) is 12.2. The number of halogens is 2. The SMILES string of the molecule is CCCCc1nc2c(nc1NC(=O)Cc1ccc(Cl)cc1)CCc1cc(F)ccc1-2. The van der Waals surface area contributed by atoms with Crippen LogP contribution in [-0.2, 0) is 30.5 Å². The van der Waals surface area contributed by atoms with Gasteiger partial charge in [0.25, 0.3) is 0 Å². The van der Waals surface area contributed by atoms with Crippen molar-refractivity contribution in [2.24, 2.45) is 0 Å². The fraction of sp³-hybridized carbons (Fsp3) is 0.292. The van der Waals surface area contributed by atoms with Gasteiger partial charge in [-0.25, -0.2) is 14.4 Å². The van der Waals surface area contributed by atoms with Crippen LogP contribution in [0.4, 0.5) is 10.2 Å². The lowest BCUT2D eigenvalue weighted by atomic mass is 9.91. The van der Waals surface area contributed by atoms with E-state index in [9.17, 15) is 9.18 Å². The zero-order valence-electron chi connectivity index (χ0n) is 16.8. The Kier molecular flexibility index (Phi) is 6.09. The van der Waals surface area contributed by atoms with Gasteiger partial charge in [-0.3, -0.25) is 4.79 Å². The largest absolute Gasteiger partial charge is 0.309 e. The molecule has 1 aromatic heterocycles. The Hall–Kier alpha value is -2.79. The van der Waals surface area contributed by atoms with Crippen molar-refractivity contribution in [3.8, 4) is 11.3 Å². The molecule has 0 unspecified atom stereocenters. The molecule has 1 aliphatic carbocycles. The molecule has 0 aliphatic heterocycles. The van der Waals surface area contributed by atoms with E-state index in [1.807, 2.05) is 12.1 Å². The number of amides is 1. The zero-order chi connectivity index (χ0) is 21.1. The van der Waals surface area contributed by atoms with E-state index in [-0.39, 0.29) is 18.1 Å². The third-order valence-corrected chi connectivity index (χ3v) is 5.55. The minimum Gasteiger partial charge on any atom is -0.309 e. The van der Waals surface area contributed by atoms with Crippen LogP contribution in [0.15, 0.2) is 42.5 Å². The standard InChI is InChI=1S/C24H23ClFN3O/c1-2-3-4-21-24(29-22(30)13-15-5-8-17(25)9-6-15)28-20-12-7-16-14-18(26)10-11-19(16)23(20)27-21/h5-6,8-11,14H,2-4,7,12-13H2,1H3,(H,28,29,30). The van der Waals surface area contributed by atoms with Crippen LogP contribution in [0.1, 0.15) is 42.3 Å². The van der Waals surface area contributed by atoms with E-state index < -0.39 is 0 Å². The number of nitrogens with zero attached hydrogens (tertiary/aromatic N) is 2. The summed E-state index contributed by atoms with van der Waals surface area (Å²) in [6, 6.07) is 12.0. The summed E-state index contributed by atoms with van der Waals surface area (Å²) in [6.07, 6.45) is 4.31. The summed E-state index contributed by atoms with van der Waals surface area (Å²) >= 11 is 5.92. The number of benzene rings is 2. The first-order valence-electron chi connectivity index (χ1n) is 10.3. The molecule has 0 radical (unpaired) electrons. The molecule has 0 saturated carbocycles. The van der Waals surface area contributed by atoms with E-state index >= 15 is 0 Å². The van der Waals surface area contributed by atoms with Crippen molar-refractivity contribution in [3.63, 3.8) is 0 Å². The van der Waals surface area contributed by atoms with Gasteiger partial charge in [0.1, 0.15) is 5.82 Å². The Bertz CT molecular complexity index is 1080. The molecular weight excluding hydrogens is 401 g/mol. The third-order valence-electron chi connectivity index (χ3n) is 5.30. The number of rotatable bonds is 6. The summed E-state index contributed by atoms with van der Waals surface area (Å²) < 4.78 is 13.6. The second-order valence-corrected chi connectivity index (χ2v) is 8.01. The number of hydrogen-bond acceptors (Lipinski definition) is 3. The van der Waals surface area contributed by atoms with Crippen LogP contribution in [0, 0.1) is 5.82 Å². The molecule has 6 heteroatoms. The van der Waals surface area contributed by atoms with Gasteiger partial charge in [0.15, 0.2) is 5.82 Å². The second-order valence-electron chi connectivity index (χ2n) is 7.57. The van der Waals surface area contributed by atoms with E-state index in [1.54, 1.807) is 24.3 Å². The van der Waals surface area contributed by atoms with Crippen molar-refractivity contribution in [1.29, 1.82) is 0 Å². The van der Waals surface area contributed by atoms with Gasteiger partial charge in [0, 0.05) is 10.6 Å². The minimum absolute atomic E-state index is 0.136. The van der Waals surface area contributed by atoms with Crippen LogP contribution >= 0.6 is 11.6 Å². The fourth-order valence-corrected chi connectivity index (χ4v) is 3.86. The van der Waals surface area contributed by atoms with Crippen molar-refractivity contribution < 1.29 is 9.18 Å². The molecule has 1 heterocycles. The fourth-order valence-electron chi connectivity index (χ4n) is 3.73. The predicted molar refractivity (Wildman–Crippen MR) is 117 cm³/mol. The van der Waals surface area contributed by atoms with Crippen molar-refractivity contribution in [2.75, 3.05) is 5.32 Å². The smallest absolute Gasteiger partial charge is 0.229 e. The number of aromatic nitrogens is 2. The highest BCUT2D eigenvalue weighted by atomic mass is 35.5. The van der Waals surface area contributed by atoms with E-state index in [4.69, 9.17) is 21.6 Å². The highest BCUT2D eigenvalue weighted by Gasteiger charge is 2.22. The van der Waals surface area contributed by atoms with Crippen molar-refractivity contribution in [3.05, 3.63) is 75.8 Å². The molecule has 154 valence electrons. The number of nitrogens with one attached hydrogen (secondary N) is 1. The summed E-state index contributed by atoms with van der Waals surface area (Å²) in [7, 11) is 0. The quantitative estimate of drug-likeness (QED) is 0.564. The first-order valence-corrected chi connectivity index (χ1v) is 10.6. The minimum atomic E-state index is -0.234.